The molecule has 0 aromatic heterocycles. The fourth-order valence-electron chi connectivity index (χ4n) is 5.64. The fraction of sp³-hybridized carbons (Fsp3) is 0.448. The van der Waals surface area contributed by atoms with Crippen molar-refractivity contribution in [2.75, 3.05) is 0 Å². The Bertz CT molecular complexity index is 976. The van der Waals surface area contributed by atoms with Gasteiger partial charge in [-0.3, -0.25) is 0 Å². The minimum absolute atomic E-state index is 0.125. The van der Waals surface area contributed by atoms with E-state index >= 15 is 0 Å². The van der Waals surface area contributed by atoms with Crippen molar-refractivity contribution in [1.82, 2.24) is 0 Å². The Kier molecular flexibility index (Phi) is 6.91. The quantitative estimate of drug-likeness (QED) is 0.349. The van der Waals surface area contributed by atoms with Crippen molar-refractivity contribution < 1.29 is 8.78 Å². The van der Waals surface area contributed by atoms with E-state index in [-0.39, 0.29) is 11.5 Å². The molecule has 31 heavy (non-hydrogen) atoms. The van der Waals surface area contributed by atoms with Crippen molar-refractivity contribution in [2.24, 2.45) is 17.8 Å². The van der Waals surface area contributed by atoms with E-state index in [1.807, 2.05) is 37.3 Å². The third-order valence-electron chi connectivity index (χ3n) is 7.45. The van der Waals surface area contributed by atoms with Crippen molar-refractivity contribution in [3.05, 3.63) is 82.9 Å². The number of benzene rings is 2. The van der Waals surface area contributed by atoms with Gasteiger partial charge in [-0.2, -0.15) is 0 Å². The Hall–Kier alpha value is -2.40. The summed E-state index contributed by atoms with van der Waals surface area (Å²) in [4.78, 5) is 0. The topological polar surface area (TPSA) is 0 Å². The summed E-state index contributed by atoms with van der Waals surface area (Å²) in [5.41, 5.74) is 2.63. The van der Waals surface area contributed by atoms with Crippen LogP contribution in [0.2, 0.25) is 0 Å². The van der Waals surface area contributed by atoms with E-state index in [2.05, 4.69) is 18.4 Å². The van der Waals surface area contributed by atoms with E-state index < -0.39 is 11.6 Å². The number of fused-ring (bicyclic) bond motifs is 1. The van der Waals surface area contributed by atoms with Crippen LogP contribution in [0.3, 0.4) is 0 Å². The van der Waals surface area contributed by atoms with Crippen molar-refractivity contribution in [3.8, 4) is 11.8 Å². The molecule has 0 nitrogen and oxygen atoms in total. The second-order valence-corrected chi connectivity index (χ2v) is 9.52. The highest BCUT2D eigenvalue weighted by Gasteiger charge is 2.36. The minimum Gasteiger partial charge on any atom is -0.203 e. The highest BCUT2D eigenvalue weighted by molar-refractivity contribution is 5.45. The van der Waals surface area contributed by atoms with Crippen LogP contribution in [0.5, 0.6) is 0 Å². The molecule has 4 rings (SSSR count). The lowest BCUT2D eigenvalue weighted by Gasteiger charge is -2.42. The van der Waals surface area contributed by atoms with Crippen LogP contribution in [0.25, 0.3) is 0 Å². The van der Waals surface area contributed by atoms with Gasteiger partial charge in [0.15, 0.2) is 11.6 Å². The molecule has 4 atom stereocenters. The van der Waals surface area contributed by atoms with Crippen molar-refractivity contribution in [1.29, 1.82) is 0 Å². The van der Waals surface area contributed by atoms with Gasteiger partial charge in [-0.25, -0.2) is 8.78 Å². The monoisotopic (exact) mass is 418 g/mol. The summed E-state index contributed by atoms with van der Waals surface area (Å²) in [5, 5.41) is 0. The Morgan fingerprint density at radius 3 is 2.42 bits per heavy atom. The van der Waals surface area contributed by atoms with Crippen LogP contribution in [-0.2, 0) is 0 Å². The van der Waals surface area contributed by atoms with Crippen molar-refractivity contribution in [3.63, 3.8) is 0 Å². The van der Waals surface area contributed by atoms with E-state index in [9.17, 15) is 8.78 Å². The second kappa shape index (κ2) is 9.82. The molecule has 0 bridgehead atoms. The predicted molar refractivity (Wildman–Crippen MR) is 124 cm³/mol. The summed E-state index contributed by atoms with van der Waals surface area (Å²) < 4.78 is 29.8. The molecule has 0 aliphatic heterocycles. The fourth-order valence-corrected chi connectivity index (χ4v) is 5.64. The number of halogens is 2. The number of rotatable bonds is 4. The average Bonchev–Trinajstić information content (AvgIpc) is 2.79. The van der Waals surface area contributed by atoms with Gasteiger partial charge in [-0.1, -0.05) is 48.1 Å². The summed E-state index contributed by atoms with van der Waals surface area (Å²) >= 11 is 0. The van der Waals surface area contributed by atoms with Crippen LogP contribution in [0.15, 0.2) is 49.1 Å². The highest BCUT2D eigenvalue weighted by atomic mass is 19.2. The Morgan fingerprint density at radius 1 is 0.903 bits per heavy atom. The summed E-state index contributed by atoms with van der Waals surface area (Å²) in [6.45, 7) is 5.85. The van der Waals surface area contributed by atoms with Gasteiger partial charge in [0.25, 0.3) is 0 Å². The van der Waals surface area contributed by atoms with Gasteiger partial charge in [0, 0.05) is 5.56 Å². The first kappa shape index (κ1) is 21.8. The zero-order chi connectivity index (χ0) is 21.8. The molecule has 2 fully saturated rings. The van der Waals surface area contributed by atoms with Crippen LogP contribution in [0, 0.1) is 48.2 Å². The molecule has 2 aliphatic carbocycles. The van der Waals surface area contributed by atoms with E-state index in [0.717, 1.165) is 48.6 Å². The molecule has 2 saturated carbocycles. The van der Waals surface area contributed by atoms with Gasteiger partial charge < -0.3 is 0 Å². The van der Waals surface area contributed by atoms with Crippen molar-refractivity contribution >= 4 is 0 Å². The lowest BCUT2D eigenvalue weighted by molar-refractivity contribution is 0.114. The SMILES string of the molecule is C=CCCC1CCC2CC(c3ccc(C#Cc4ccc(C)cc4)c(F)c3F)CCC2C1. The summed E-state index contributed by atoms with van der Waals surface area (Å²) in [5.74, 6) is 6.62. The lowest BCUT2D eigenvalue weighted by Crippen LogP contribution is -2.30. The molecule has 0 amide bonds. The largest absolute Gasteiger partial charge is 0.203 e. The first-order chi connectivity index (χ1) is 15.0. The first-order valence-corrected chi connectivity index (χ1v) is 11.7. The number of allylic oxidation sites excluding steroid dienone is 1. The normalized spacial score (nSPS) is 25.3. The number of hydrogen-bond acceptors (Lipinski definition) is 0. The minimum atomic E-state index is -0.799. The van der Waals surface area contributed by atoms with Gasteiger partial charge in [0.1, 0.15) is 0 Å². The van der Waals surface area contributed by atoms with Crippen LogP contribution in [0.1, 0.15) is 79.5 Å². The Balaban J connectivity index is 1.45. The molecular weight excluding hydrogens is 386 g/mol. The molecule has 0 saturated heterocycles. The van der Waals surface area contributed by atoms with E-state index in [4.69, 9.17) is 0 Å². The van der Waals surface area contributed by atoms with Gasteiger partial charge >= 0.3 is 0 Å². The summed E-state index contributed by atoms with van der Waals surface area (Å²) in [6.07, 6.45) is 11.3. The number of hydrogen-bond donors (Lipinski definition) is 0. The molecule has 162 valence electrons. The van der Waals surface area contributed by atoms with Crippen LogP contribution in [-0.4, -0.2) is 0 Å². The summed E-state index contributed by atoms with van der Waals surface area (Å²) in [7, 11) is 0. The lowest BCUT2D eigenvalue weighted by atomic mass is 9.63. The van der Waals surface area contributed by atoms with E-state index in [0.29, 0.717) is 11.5 Å². The van der Waals surface area contributed by atoms with Gasteiger partial charge in [0.05, 0.1) is 5.56 Å². The zero-order valence-corrected chi connectivity index (χ0v) is 18.5. The Labute approximate surface area is 185 Å². The smallest absolute Gasteiger partial charge is 0.174 e. The average molecular weight is 419 g/mol. The molecular formula is C29H32F2. The maximum atomic E-state index is 15.0. The maximum Gasteiger partial charge on any atom is 0.174 e. The molecule has 0 heterocycles. The molecule has 2 heteroatoms. The van der Waals surface area contributed by atoms with E-state index in [1.54, 1.807) is 12.1 Å². The van der Waals surface area contributed by atoms with E-state index in [1.165, 1.54) is 25.7 Å². The highest BCUT2D eigenvalue weighted by Crippen LogP contribution is 2.48. The molecule has 0 spiro atoms. The molecule has 2 aromatic carbocycles. The third kappa shape index (κ3) is 5.09. The van der Waals surface area contributed by atoms with Crippen molar-refractivity contribution in [2.45, 2.75) is 64.2 Å². The second-order valence-electron chi connectivity index (χ2n) is 9.52. The van der Waals surface area contributed by atoms with Gasteiger partial charge in [-0.15, -0.1) is 6.58 Å². The van der Waals surface area contributed by atoms with Crippen LogP contribution < -0.4 is 0 Å². The molecule has 0 radical (unpaired) electrons. The standard InChI is InChI=1S/C29H32F2/c1-3-4-5-22-11-13-25-19-26(15-14-24(25)18-22)27-17-16-23(28(30)29(27)31)12-10-21-8-6-20(2)7-9-21/h3,6-9,16-17,22,24-26H,1,4-5,11,13-15,18-19H2,2H3. The zero-order valence-electron chi connectivity index (χ0n) is 18.5. The maximum absolute atomic E-state index is 15.0. The Morgan fingerprint density at radius 2 is 1.65 bits per heavy atom. The summed E-state index contributed by atoms with van der Waals surface area (Å²) in [6, 6.07) is 11.2. The third-order valence-corrected chi connectivity index (χ3v) is 7.45. The molecule has 2 aliphatic rings. The molecule has 4 unspecified atom stereocenters. The van der Waals surface area contributed by atoms with Gasteiger partial charge in [0.2, 0.25) is 0 Å². The van der Waals surface area contributed by atoms with Gasteiger partial charge in [-0.05, 0) is 99.3 Å². The van der Waals surface area contributed by atoms with Crippen LogP contribution in [0.4, 0.5) is 8.78 Å². The molecule has 0 N–H and O–H groups in total. The molecule has 2 aromatic rings. The number of aryl methyl sites for hydroxylation is 1. The first-order valence-electron chi connectivity index (χ1n) is 11.7. The van der Waals surface area contributed by atoms with Crippen LogP contribution >= 0.6 is 0 Å². The predicted octanol–water partition coefficient (Wildman–Crippen LogP) is 7.94.